The summed E-state index contributed by atoms with van der Waals surface area (Å²) in [7, 11) is -2.19. The fourth-order valence-electron chi connectivity index (χ4n) is 4.12. The van der Waals surface area contributed by atoms with Gasteiger partial charge in [0.15, 0.2) is 0 Å². The van der Waals surface area contributed by atoms with Gasteiger partial charge in [-0.25, -0.2) is 39.5 Å². The molecule has 0 fully saturated rings. The molecule has 0 saturated carbocycles. The molecule has 0 aromatic heterocycles. The maximum Gasteiger partial charge on any atom is 0.864 e. The number of rotatable bonds is 15. The summed E-state index contributed by atoms with van der Waals surface area (Å²) in [5, 5.41) is 0. The molecule has 216 valence electrons. The fraction of sp³-hybridized carbons (Fsp3) is 0.333. The van der Waals surface area contributed by atoms with Crippen molar-refractivity contribution in [3.8, 4) is 17.2 Å². The van der Waals surface area contributed by atoms with E-state index < -0.39 is 84.6 Å². The first-order valence-corrected chi connectivity index (χ1v) is 11.9. The fourth-order valence-corrected chi connectivity index (χ4v) is 4.12. The Morgan fingerprint density at radius 3 is 0.700 bits per heavy atom. The summed E-state index contributed by atoms with van der Waals surface area (Å²) < 4.78 is 140. The molecule has 0 amide bonds. The molecule has 0 heterocycles. The molecule has 13 heteroatoms. The van der Waals surface area contributed by atoms with Crippen LogP contribution in [0.15, 0.2) is 36.4 Å². The molecule has 3 aromatic rings. The van der Waals surface area contributed by atoms with E-state index >= 15 is 0 Å². The van der Waals surface area contributed by atoms with Gasteiger partial charge in [0, 0.05) is 33.4 Å². The zero-order valence-corrected chi connectivity index (χ0v) is 21.0. The second-order valence-electron chi connectivity index (χ2n) is 8.57. The molecule has 0 bridgehead atoms. The highest BCUT2D eigenvalue weighted by molar-refractivity contribution is 6.39. The molecule has 3 aromatic carbocycles. The van der Waals surface area contributed by atoms with Crippen LogP contribution in [0.3, 0.4) is 0 Å². The van der Waals surface area contributed by atoms with Crippen LogP contribution in [0.1, 0.15) is 50.1 Å². The maximum atomic E-state index is 13.9. The summed E-state index contributed by atoms with van der Waals surface area (Å²) in [6.07, 6.45) is 0. The van der Waals surface area contributed by atoms with Gasteiger partial charge in [-0.2, -0.15) is 0 Å². The van der Waals surface area contributed by atoms with Crippen LogP contribution in [-0.4, -0.2) is 7.32 Å². The Balaban J connectivity index is 2.19. The topological polar surface area (TPSA) is 27.7 Å². The van der Waals surface area contributed by atoms with Crippen LogP contribution in [0.2, 0.25) is 0 Å². The van der Waals surface area contributed by atoms with Gasteiger partial charge in [0.1, 0.15) is 77.3 Å². The Hall–Kier alpha value is -3.51. The molecule has 0 aliphatic heterocycles. The van der Waals surface area contributed by atoms with Crippen molar-refractivity contribution in [2.24, 2.45) is 0 Å². The molecule has 40 heavy (non-hydrogen) atoms. The normalized spacial score (nSPS) is 11.0. The average molecular weight is 578 g/mol. The third-order valence-corrected chi connectivity index (χ3v) is 5.88. The standard InChI is InChI=1S/C27H24BF9O3/c29-7-16-1-19(10-32)25(20(2-16)11-33)38-28(39-26-21(12-34)3-17(8-30)4-22(26)13-35)40-27-23(14-36)5-18(9-31)6-24(27)15-37/h1-6H,7-15H2. The van der Waals surface area contributed by atoms with Gasteiger partial charge in [0.25, 0.3) is 0 Å². The quantitative estimate of drug-likeness (QED) is 0.134. The Morgan fingerprint density at radius 1 is 0.350 bits per heavy atom. The summed E-state index contributed by atoms with van der Waals surface area (Å²) >= 11 is 0. The monoisotopic (exact) mass is 578 g/mol. The third kappa shape index (κ3) is 6.97. The third-order valence-electron chi connectivity index (χ3n) is 5.88. The Labute approximate surface area is 225 Å². The van der Waals surface area contributed by atoms with Crippen LogP contribution in [0.4, 0.5) is 39.5 Å². The summed E-state index contributed by atoms with van der Waals surface area (Å²) in [4.78, 5) is 0. The second-order valence-corrected chi connectivity index (χ2v) is 8.57. The smallest absolute Gasteiger partial charge is 0.489 e. The van der Waals surface area contributed by atoms with E-state index in [0.717, 1.165) is 36.4 Å². The predicted octanol–water partition coefficient (Wildman–Crippen LogP) is 8.43. The van der Waals surface area contributed by atoms with Crippen LogP contribution in [-0.2, 0) is 60.1 Å². The Bertz CT molecular complexity index is 1060. The van der Waals surface area contributed by atoms with E-state index in [-0.39, 0.29) is 50.1 Å². The first-order valence-electron chi connectivity index (χ1n) is 11.9. The molecule has 3 nitrogen and oxygen atoms in total. The van der Waals surface area contributed by atoms with E-state index in [1.54, 1.807) is 0 Å². The molecule has 0 aliphatic carbocycles. The van der Waals surface area contributed by atoms with Crippen molar-refractivity contribution in [2.45, 2.75) is 60.1 Å². The maximum absolute atomic E-state index is 13.9. The highest BCUT2D eigenvalue weighted by Crippen LogP contribution is 2.35. The van der Waals surface area contributed by atoms with Gasteiger partial charge >= 0.3 is 7.32 Å². The lowest BCUT2D eigenvalue weighted by Crippen LogP contribution is -2.38. The summed E-state index contributed by atoms with van der Waals surface area (Å²) in [6.45, 7) is -10.8. The zero-order valence-electron chi connectivity index (χ0n) is 21.0. The van der Waals surface area contributed by atoms with Crippen molar-refractivity contribution in [2.75, 3.05) is 0 Å². The minimum Gasteiger partial charge on any atom is -0.489 e. The molecule has 0 aliphatic rings. The summed E-state index contributed by atoms with van der Waals surface area (Å²) in [5.74, 6) is -1.54. The minimum absolute atomic E-state index is 0.0754. The number of hydrogen-bond acceptors (Lipinski definition) is 3. The summed E-state index contributed by atoms with van der Waals surface area (Å²) in [5.41, 5.74) is -2.26. The number of halogens is 9. The van der Waals surface area contributed by atoms with Crippen LogP contribution in [0, 0.1) is 0 Å². The largest absolute Gasteiger partial charge is 0.864 e. The second kappa shape index (κ2) is 14.8. The lowest BCUT2D eigenvalue weighted by Gasteiger charge is -2.24. The zero-order chi connectivity index (χ0) is 29.2. The molecule has 0 atom stereocenters. The van der Waals surface area contributed by atoms with Crippen molar-refractivity contribution in [1.29, 1.82) is 0 Å². The van der Waals surface area contributed by atoms with Crippen LogP contribution in [0.5, 0.6) is 17.2 Å². The van der Waals surface area contributed by atoms with Gasteiger partial charge < -0.3 is 14.0 Å². The summed E-state index contributed by atoms with van der Waals surface area (Å²) in [6, 6.07) is 6.24. The van der Waals surface area contributed by atoms with Gasteiger partial charge in [-0.05, 0) is 53.1 Å². The van der Waals surface area contributed by atoms with E-state index in [4.69, 9.17) is 14.0 Å². The Kier molecular flexibility index (Phi) is 11.4. The number of alkyl halides is 9. The van der Waals surface area contributed by atoms with Gasteiger partial charge in [-0.3, -0.25) is 0 Å². The van der Waals surface area contributed by atoms with E-state index in [2.05, 4.69) is 0 Å². The molecule has 0 N–H and O–H groups in total. The molecular weight excluding hydrogens is 554 g/mol. The van der Waals surface area contributed by atoms with E-state index in [9.17, 15) is 39.5 Å². The Morgan fingerprint density at radius 2 is 0.550 bits per heavy atom. The van der Waals surface area contributed by atoms with Crippen LogP contribution in [0.25, 0.3) is 0 Å². The van der Waals surface area contributed by atoms with E-state index in [1.165, 1.54) is 0 Å². The van der Waals surface area contributed by atoms with Crippen molar-refractivity contribution in [3.63, 3.8) is 0 Å². The molecule has 0 spiro atoms. The lowest BCUT2D eigenvalue weighted by atomic mass is 10.0. The SMILES string of the molecule is FCc1cc(CF)c(OB(Oc2c(CF)cc(CF)cc2CF)Oc2c(CF)cc(CF)cc2CF)c(CF)c1. The highest BCUT2D eigenvalue weighted by Gasteiger charge is 2.36. The molecule has 3 rings (SSSR count). The first-order chi connectivity index (χ1) is 19.4. The first kappa shape index (κ1) is 31.0. The molecule has 0 saturated heterocycles. The predicted molar refractivity (Wildman–Crippen MR) is 130 cm³/mol. The van der Waals surface area contributed by atoms with Gasteiger partial charge in [-0.1, -0.05) is 0 Å². The van der Waals surface area contributed by atoms with Crippen molar-refractivity contribution in [1.82, 2.24) is 0 Å². The van der Waals surface area contributed by atoms with Crippen molar-refractivity contribution in [3.05, 3.63) is 86.5 Å². The molecule has 0 unspecified atom stereocenters. The van der Waals surface area contributed by atoms with Crippen LogP contribution >= 0.6 is 0 Å². The average Bonchev–Trinajstić information content (AvgIpc) is 3.00. The van der Waals surface area contributed by atoms with E-state index in [0.29, 0.717) is 0 Å². The van der Waals surface area contributed by atoms with Crippen molar-refractivity contribution < 1.29 is 53.5 Å². The minimum atomic E-state index is -2.19. The highest BCUT2D eigenvalue weighted by atomic mass is 19.2. The molecule has 0 radical (unpaired) electrons. The number of hydrogen-bond donors (Lipinski definition) is 0. The molecular formula is C27H24BF9O3. The number of benzene rings is 3. The van der Waals surface area contributed by atoms with Gasteiger partial charge in [0.2, 0.25) is 0 Å². The van der Waals surface area contributed by atoms with E-state index in [1.807, 2.05) is 0 Å². The van der Waals surface area contributed by atoms with Gasteiger partial charge in [-0.15, -0.1) is 0 Å². The lowest BCUT2D eigenvalue weighted by molar-refractivity contribution is 0.288. The van der Waals surface area contributed by atoms with Crippen molar-refractivity contribution >= 4 is 7.32 Å². The van der Waals surface area contributed by atoms with Crippen LogP contribution < -0.4 is 14.0 Å². The van der Waals surface area contributed by atoms with Gasteiger partial charge in [0.05, 0.1) is 0 Å².